The van der Waals surface area contributed by atoms with Crippen LogP contribution >= 0.6 is 0 Å². The zero-order valence-electron chi connectivity index (χ0n) is 5.45. The van der Waals surface area contributed by atoms with E-state index in [4.69, 9.17) is 4.74 Å². The van der Waals surface area contributed by atoms with Crippen LogP contribution in [0.2, 0.25) is 0 Å². The quantitative estimate of drug-likeness (QED) is 0.478. The molecule has 0 aliphatic carbocycles. The molecule has 0 fully saturated rings. The Morgan fingerprint density at radius 2 is 2.00 bits per heavy atom. The predicted molar refractivity (Wildman–Crippen MR) is 39.9 cm³/mol. The minimum atomic E-state index is 0.434. The van der Waals surface area contributed by atoms with Crippen molar-refractivity contribution in [3.63, 3.8) is 0 Å². The third kappa shape index (κ3) is 1.80. The van der Waals surface area contributed by atoms with Crippen molar-refractivity contribution in [2.45, 2.75) is 6.92 Å². The first kappa shape index (κ1) is 6.21. The van der Waals surface area contributed by atoms with E-state index in [1.165, 1.54) is 0 Å². The van der Waals surface area contributed by atoms with Gasteiger partial charge in [-0.2, -0.15) is 0 Å². The normalized spacial score (nSPS) is 16.8. The first-order valence-electron chi connectivity index (χ1n) is 3.05. The lowest BCUT2D eigenvalue weighted by molar-refractivity contribution is 0.402. The van der Waals surface area contributed by atoms with Gasteiger partial charge in [-0.05, 0) is 6.92 Å². The molecule has 0 atom stereocenters. The highest BCUT2D eigenvalue weighted by atomic mass is 16.5. The van der Waals surface area contributed by atoms with E-state index in [0.717, 1.165) is 0 Å². The molecule has 1 heterocycles. The highest BCUT2D eigenvalue weighted by molar-refractivity contribution is 6.74. The van der Waals surface area contributed by atoms with Gasteiger partial charge in [-0.1, -0.05) is 18.0 Å². The highest BCUT2D eigenvalue weighted by Crippen LogP contribution is 1.97. The molecule has 0 amide bonds. The van der Waals surface area contributed by atoms with Gasteiger partial charge in [-0.3, -0.25) is 0 Å². The third-order valence-corrected chi connectivity index (χ3v) is 1.17. The van der Waals surface area contributed by atoms with E-state index >= 15 is 0 Å². The lowest BCUT2D eigenvalue weighted by atomic mass is 9.50. The summed E-state index contributed by atoms with van der Waals surface area (Å²) in [5.41, 5.74) is 0. The van der Waals surface area contributed by atoms with Crippen LogP contribution in [0.1, 0.15) is 6.92 Å². The summed E-state index contributed by atoms with van der Waals surface area (Å²) in [6.07, 6.45) is 5.43. The summed E-state index contributed by atoms with van der Waals surface area (Å²) >= 11 is 0. The van der Waals surface area contributed by atoms with Gasteiger partial charge in [0.2, 0.25) is 6.71 Å². The summed E-state index contributed by atoms with van der Waals surface area (Å²) in [7, 11) is 0. The van der Waals surface area contributed by atoms with E-state index < -0.39 is 0 Å². The van der Waals surface area contributed by atoms with Gasteiger partial charge in [0.05, 0.1) is 12.5 Å². The van der Waals surface area contributed by atoms with Crippen molar-refractivity contribution in [1.29, 1.82) is 0 Å². The second kappa shape index (κ2) is 3.18. The summed E-state index contributed by atoms with van der Waals surface area (Å²) < 4.78 is 4.85. The fraction of sp³-hybridized carbons (Fsp3) is 0.143. The molecule has 0 saturated heterocycles. The molecule has 1 rings (SSSR count). The molecule has 2 heteroatoms. The molecule has 1 aliphatic rings. The van der Waals surface area contributed by atoms with Crippen molar-refractivity contribution in [2.75, 3.05) is 0 Å². The van der Waals surface area contributed by atoms with E-state index in [0.29, 0.717) is 6.71 Å². The van der Waals surface area contributed by atoms with Gasteiger partial charge in [0.25, 0.3) is 0 Å². The van der Waals surface area contributed by atoms with Gasteiger partial charge in [-0.15, -0.1) is 5.98 Å². The summed E-state index contributed by atoms with van der Waals surface area (Å²) in [6.45, 7) is 2.45. The number of hydrogen-bond acceptors (Lipinski definition) is 1. The van der Waals surface area contributed by atoms with Crippen molar-refractivity contribution in [3.05, 3.63) is 36.5 Å². The fourth-order valence-corrected chi connectivity index (χ4v) is 0.732. The zero-order valence-corrected chi connectivity index (χ0v) is 5.45. The second-order valence-electron chi connectivity index (χ2n) is 1.90. The Kier molecular flexibility index (Phi) is 2.19. The molecule has 0 bridgehead atoms. The van der Waals surface area contributed by atoms with Crippen molar-refractivity contribution >= 4 is 6.71 Å². The monoisotopic (exact) mass is 120 g/mol. The summed E-state index contributed by atoms with van der Waals surface area (Å²) in [6, 6.07) is 0. The van der Waals surface area contributed by atoms with Crippen LogP contribution < -0.4 is 0 Å². The highest BCUT2D eigenvalue weighted by Gasteiger charge is 2.01. The topological polar surface area (TPSA) is 9.23 Å². The SMILES string of the molecule is CC=CB1C=COC=C1. The largest absolute Gasteiger partial charge is 0.475 e. The maximum absolute atomic E-state index is 4.85. The van der Waals surface area contributed by atoms with Crippen LogP contribution in [0, 0.1) is 0 Å². The van der Waals surface area contributed by atoms with Gasteiger partial charge in [0, 0.05) is 0 Å². The van der Waals surface area contributed by atoms with Gasteiger partial charge >= 0.3 is 0 Å². The molecule has 1 aliphatic heterocycles. The Morgan fingerprint density at radius 3 is 2.56 bits per heavy atom. The van der Waals surface area contributed by atoms with E-state index in [1.807, 2.05) is 25.0 Å². The summed E-state index contributed by atoms with van der Waals surface area (Å²) in [4.78, 5) is 0. The zero-order chi connectivity index (χ0) is 6.53. The maximum Gasteiger partial charge on any atom is 0.224 e. The molecule has 0 unspecified atom stereocenters. The molecule has 0 saturated carbocycles. The average Bonchev–Trinajstić information content (AvgIpc) is 1.91. The Balaban J connectivity index is 2.49. The van der Waals surface area contributed by atoms with E-state index in [1.54, 1.807) is 12.5 Å². The van der Waals surface area contributed by atoms with Crippen molar-refractivity contribution in [2.24, 2.45) is 0 Å². The van der Waals surface area contributed by atoms with E-state index in [9.17, 15) is 0 Å². The number of allylic oxidation sites excluding steroid dienone is 1. The van der Waals surface area contributed by atoms with Crippen LogP contribution in [-0.2, 0) is 4.74 Å². The Bertz CT molecular complexity index is 144. The van der Waals surface area contributed by atoms with Crippen molar-refractivity contribution in [1.82, 2.24) is 0 Å². The van der Waals surface area contributed by atoms with Crippen molar-refractivity contribution < 1.29 is 4.74 Å². The Labute approximate surface area is 55.8 Å². The number of ether oxygens (including phenoxy) is 1. The van der Waals surface area contributed by atoms with E-state index in [2.05, 4.69) is 5.98 Å². The molecule has 0 spiro atoms. The summed E-state index contributed by atoms with van der Waals surface area (Å²) in [5, 5.41) is 0. The molecule has 0 radical (unpaired) electrons. The molecular weight excluding hydrogens is 111 g/mol. The van der Waals surface area contributed by atoms with Gasteiger partial charge < -0.3 is 4.74 Å². The molecule has 0 aromatic heterocycles. The molecule has 0 N–H and O–H groups in total. The van der Waals surface area contributed by atoms with Crippen LogP contribution in [0.25, 0.3) is 0 Å². The average molecular weight is 120 g/mol. The lowest BCUT2D eigenvalue weighted by Crippen LogP contribution is -2.04. The fourth-order valence-electron chi connectivity index (χ4n) is 0.732. The molecule has 0 aromatic carbocycles. The van der Waals surface area contributed by atoms with Crippen LogP contribution in [0.4, 0.5) is 0 Å². The van der Waals surface area contributed by atoms with Gasteiger partial charge in [-0.25, -0.2) is 0 Å². The van der Waals surface area contributed by atoms with Crippen molar-refractivity contribution in [3.8, 4) is 0 Å². The first-order chi connectivity index (χ1) is 4.43. The minimum Gasteiger partial charge on any atom is -0.475 e. The molecule has 1 nitrogen and oxygen atoms in total. The van der Waals surface area contributed by atoms with Crippen LogP contribution in [0.3, 0.4) is 0 Å². The molecular formula is C7H9BO. The predicted octanol–water partition coefficient (Wildman–Crippen LogP) is 1.73. The molecule has 46 valence electrons. The second-order valence-corrected chi connectivity index (χ2v) is 1.90. The van der Waals surface area contributed by atoms with Crippen LogP contribution in [0.15, 0.2) is 36.5 Å². The first-order valence-corrected chi connectivity index (χ1v) is 3.05. The maximum atomic E-state index is 4.85. The number of rotatable bonds is 1. The smallest absolute Gasteiger partial charge is 0.224 e. The third-order valence-electron chi connectivity index (χ3n) is 1.17. The van der Waals surface area contributed by atoms with E-state index in [-0.39, 0.29) is 0 Å². The number of hydrogen-bond donors (Lipinski definition) is 0. The van der Waals surface area contributed by atoms with Gasteiger partial charge in [0.15, 0.2) is 0 Å². The van der Waals surface area contributed by atoms with Gasteiger partial charge in [0.1, 0.15) is 0 Å². The molecule has 0 aromatic rings. The standard InChI is InChI=1S/C7H9BO/c1-2-3-8-4-6-9-7-5-8/h2-7H,1H3. The lowest BCUT2D eigenvalue weighted by Gasteiger charge is -2.00. The minimum absolute atomic E-state index is 0.434. The molecule has 9 heavy (non-hydrogen) atoms. The van der Waals surface area contributed by atoms with Crippen LogP contribution in [0.5, 0.6) is 0 Å². The Hall–Kier alpha value is -0.915. The Morgan fingerprint density at radius 1 is 1.33 bits per heavy atom. The summed E-state index contributed by atoms with van der Waals surface area (Å²) in [5.74, 6) is 6.11. The van der Waals surface area contributed by atoms with Crippen LogP contribution in [-0.4, -0.2) is 6.71 Å².